The van der Waals surface area contributed by atoms with Crippen LogP contribution in [0.5, 0.6) is 0 Å². The van der Waals surface area contributed by atoms with Crippen LogP contribution in [0.15, 0.2) is 18.2 Å². The van der Waals surface area contributed by atoms with E-state index in [0.29, 0.717) is 12.1 Å². The molecule has 15 heavy (non-hydrogen) atoms. The Kier molecular flexibility index (Phi) is 3.81. The minimum atomic E-state index is 0.314. The van der Waals surface area contributed by atoms with Crippen LogP contribution in [0, 0.1) is 0 Å². The molecule has 1 fully saturated rings. The van der Waals surface area contributed by atoms with Crippen LogP contribution in [0.4, 0.5) is 0 Å². The van der Waals surface area contributed by atoms with Crippen molar-refractivity contribution in [2.24, 2.45) is 0 Å². The van der Waals surface area contributed by atoms with Gasteiger partial charge in [0.05, 0.1) is 17.6 Å². The van der Waals surface area contributed by atoms with Crippen LogP contribution in [0.2, 0.25) is 4.34 Å². The Labute approximate surface area is 98.9 Å². The molecule has 0 spiro atoms. The highest BCUT2D eigenvalue weighted by Crippen LogP contribution is 2.22. The van der Waals surface area contributed by atoms with Crippen molar-refractivity contribution in [1.82, 2.24) is 5.32 Å². The van der Waals surface area contributed by atoms with Crippen LogP contribution in [-0.2, 0) is 4.74 Å². The molecule has 1 N–H and O–H groups in total. The van der Waals surface area contributed by atoms with E-state index in [-0.39, 0.29) is 0 Å². The van der Waals surface area contributed by atoms with E-state index in [1.807, 2.05) is 12.1 Å². The summed E-state index contributed by atoms with van der Waals surface area (Å²) in [6.45, 7) is 3.68. The summed E-state index contributed by atoms with van der Waals surface area (Å²) < 4.78 is 6.28. The van der Waals surface area contributed by atoms with E-state index in [1.165, 1.54) is 4.88 Å². The lowest BCUT2D eigenvalue weighted by atomic mass is 10.2. The number of nitrogens with one attached hydrogen (secondary N) is 1. The maximum Gasteiger partial charge on any atom is 0.0934 e. The van der Waals surface area contributed by atoms with Gasteiger partial charge in [-0.05, 0) is 25.1 Å². The van der Waals surface area contributed by atoms with Crippen molar-refractivity contribution >= 4 is 29.0 Å². The molecule has 1 aliphatic rings. The summed E-state index contributed by atoms with van der Waals surface area (Å²) in [6.07, 6.45) is 4.23. The van der Waals surface area contributed by atoms with E-state index in [2.05, 4.69) is 24.4 Å². The van der Waals surface area contributed by atoms with Gasteiger partial charge >= 0.3 is 0 Å². The first-order chi connectivity index (χ1) is 7.24. The summed E-state index contributed by atoms with van der Waals surface area (Å²) in [5, 5.41) is 3.45. The average molecular weight is 244 g/mol. The van der Waals surface area contributed by atoms with Crippen molar-refractivity contribution in [3.8, 4) is 0 Å². The Morgan fingerprint density at radius 3 is 3.07 bits per heavy atom. The van der Waals surface area contributed by atoms with E-state index in [9.17, 15) is 0 Å². The molecule has 1 aromatic rings. The van der Waals surface area contributed by atoms with Crippen LogP contribution in [-0.4, -0.2) is 25.3 Å². The molecular formula is C11H14ClNOS. The van der Waals surface area contributed by atoms with Crippen molar-refractivity contribution in [1.29, 1.82) is 0 Å². The summed E-state index contributed by atoms with van der Waals surface area (Å²) in [7, 11) is 0. The Balaban J connectivity index is 1.93. The second kappa shape index (κ2) is 5.12. The number of hydrogen-bond donors (Lipinski definition) is 1. The van der Waals surface area contributed by atoms with E-state index < -0.39 is 0 Å². The largest absolute Gasteiger partial charge is 0.378 e. The summed E-state index contributed by atoms with van der Waals surface area (Å²) in [6, 6.07) is 4.69. The fourth-order valence-electron chi connectivity index (χ4n) is 1.57. The fourth-order valence-corrected chi connectivity index (χ4v) is 2.55. The Hall–Kier alpha value is -0.350. The molecule has 0 saturated carbocycles. The van der Waals surface area contributed by atoms with Gasteiger partial charge in [0.15, 0.2) is 0 Å². The number of halogens is 1. The van der Waals surface area contributed by atoms with Crippen LogP contribution in [0.1, 0.15) is 11.8 Å². The number of thiophene rings is 1. The fraction of sp³-hybridized carbons (Fsp3) is 0.455. The van der Waals surface area contributed by atoms with Gasteiger partial charge in [0.25, 0.3) is 0 Å². The van der Waals surface area contributed by atoms with Gasteiger partial charge in [-0.15, -0.1) is 11.3 Å². The number of hydrogen-bond acceptors (Lipinski definition) is 3. The molecule has 2 atom stereocenters. The lowest BCUT2D eigenvalue weighted by Crippen LogP contribution is -2.46. The van der Waals surface area contributed by atoms with Crippen LogP contribution in [0.3, 0.4) is 0 Å². The molecule has 0 aromatic carbocycles. The summed E-state index contributed by atoms with van der Waals surface area (Å²) in [5.41, 5.74) is 0. The third-order valence-electron chi connectivity index (χ3n) is 2.25. The van der Waals surface area contributed by atoms with Gasteiger partial charge in [-0.2, -0.15) is 0 Å². The van der Waals surface area contributed by atoms with Crippen molar-refractivity contribution in [3.63, 3.8) is 0 Å². The predicted octanol–water partition coefficient (Wildman–Crippen LogP) is 2.79. The molecule has 1 aromatic heterocycles. The van der Waals surface area contributed by atoms with Gasteiger partial charge in [0.1, 0.15) is 0 Å². The summed E-state index contributed by atoms with van der Waals surface area (Å²) in [4.78, 5) is 1.18. The molecule has 0 amide bonds. The Morgan fingerprint density at radius 2 is 2.40 bits per heavy atom. The predicted molar refractivity (Wildman–Crippen MR) is 65.6 cm³/mol. The highest BCUT2D eigenvalue weighted by Gasteiger charge is 2.15. The normalized spacial score (nSPS) is 27.3. The van der Waals surface area contributed by atoms with E-state index in [1.54, 1.807) is 11.3 Å². The lowest BCUT2D eigenvalue weighted by Gasteiger charge is -2.26. The zero-order chi connectivity index (χ0) is 10.7. The number of ether oxygens (including phenoxy) is 1. The molecule has 0 bridgehead atoms. The number of rotatable bonds is 2. The molecule has 1 aliphatic heterocycles. The first-order valence-corrected chi connectivity index (χ1v) is 6.21. The molecule has 1 saturated heterocycles. The molecule has 0 aliphatic carbocycles. The average Bonchev–Trinajstić information content (AvgIpc) is 2.62. The van der Waals surface area contributed by atoms with Gasteiger partial charge in [-0.25, -0.2) is 0 Å². The molecule has 2 heterocycles. The zero-order valence-corrected chi connectivity index (χ0v) is 10.1. The topological polar surface area (TPSA) is 21.3 Å². The van der Waals surface area contributed by atoms with Gasteiger partial charge in [0.2, 0.25) is 0 Å². The van der Waals surface area contributed by atoms with E-state index >= 15 is 0 Å². The van der Waals surface area contributed by atoms with Crippen molar-refractivity contribution in [2.45, 2.75) is 19.0 Å². The second-order valence-electron chi connectivity index (χ2n) is 3.71. The minimum absolute atomic E-state index is 0.314. The first-order valence-electron chi connectivity index (χ1n) is 5.01. The van der Waals surface area contributed by atoms with Gasteiger partial charge in [0, 0.05) is 17.0 Å². The molecule has 2 unspecified atom stereocenters. The highest BCUT2D eigenvalue weighted by atomic mass is 35.5. The maximum atomic E-state index is 5.85. The molecule has 0 radical (unpaired) electrons. The van der Waals surface area contributed by atoms with Crippen LogP contribution >= 0.6 is 22.9 Å². The first kappa shape index (κ1) is 11.1. The molecule has 82 valence electrons. The molecule has 2 nitrogen and oxygen atoms in total. The van der Waals surface area contributed by atoms with E-state index in [4.69, 9.17) is 16.3 Å². The monoisotopic (exact) mass is 243 g/mol. The van der Waals surface area contributed by atoms with Gasteiger partial charge in [-0.1, -0.05) is 17.7 Å². The molecular weight excluding hydrogens is 230 g/mol. The van der Waals surface area contributed by atoms with Gasteiger partial charge in [-0.3, -0.25) is 0 Å². The van der Waals surface area contributed by atoms with E-state index in [0.717, 1.165) is 17.6 Å². The standard InChI is InChI=1S/C11H14ClNOS/c1-8-6-14-7-9(13-8)2-3-10-4-5-11(12)15-10/h2-5,8-9,13H,6-7H2,1H3/b3-2+. The quantitative estimate of drug-likeness (QED) is 0.863. The summed E-state index contributed by atoms with van der Waals surface area (Å²) >= 11 is 7.44. The minimum Gasteiger partial charge on any atom is -0.378 e. The third-order valence-corrected chi connectivity index (χ3v) is 3.45. The lowest BCUT2D eigenvalue weighted by molar-refractivity contribution is 0.0637. The maximum absolute atomic E-state index is 5.85. The molecule has 2 rings (SSSR count). The number of morpholine rings is 1. The summed E-state index contributed by atoms with van der Waals surface area (Å²) in [5.74, 6) is 0. The Morgan fingerprint density at radius 1 is 1.53 bits per heavy atom. The molecule has 4 heteroatoms. The highest BCUT2D eigenvalue weighted by molar-refractivity contribution is 7.16. The van der Waals surface area contributed by atoms with Crippen LogP contribution < -0.4 is 5.32 Å². The van der Waals surface area contributed by atoms with Gasteiger partial charge < -0.3 is 10.1 Å². The SMILES string of the molecule is CC1COCC(/C=C/c2ccc(Cl)s2)N1. The Bertz CT molecular complexity index is 350. The van der Waals surface area contributed by atoms with Crippen LogP contribution in [0.25, 0.3) is 6.08 Å². The smallest absolute Gasteiger partial charge is 0.0934 e. The van der Waals surface area contributed by atoms with Crippen molar-refractivity contribution in [2.75, 3.05) is 13.2 Å². The second-order valence-corrected chi connectivity index (χ2v) is 5.46. The third kappa shape index (κ3) is 3.31. The zero-order valence-electron chi connectivity index (χ0n) is 8.57. The van der Waals surface area contributed by atoms with Crippen molar-refractivity contribution < 1.29 is 4.74 Å². The van der Waals surface area contributed by atoms with Crippen molar-refractivity contribution in [3.05, 3.63) is 27.4 Å².